The van der Waals surface area contributed by atoms with Crippen LogP contribution in [0.25, 0.3) is 0 Å². The van der Waals surface area contributed by atoms with Gasteiger partial charge >= 0.3 is 0 Å². The first-order valence-electron chi connectivity index (χ1n) is 7.44. The number of nitrogens with one attached hydrogen (secondary N) is 1. The fourth-order valence-corrected chi connectivity index (χ4v) is 2.72. The summed E-state index contributed by atoms with van der Waals surface area (Å²) in [6, 6.07) is 7.77. The van der Waals surface area contributed by atoms with Gasteiger partial charge in [-0.1, -0.05) is 32.5 Å². The Morgan fingerprint density at radius 2 is 1.68 bits per heavy atom. The van der Waals surface area contributed by atoms with E-state index in [1.165, 1.54) is 11.8 Å². The second-order valence-electron chi connectivity index (χ2n) is 4.67. The van der Waals surface area contributed by atoms with Crippen molar-refractivity contribution in [2.45, 2.75) is 27.2 Å². The molecule has 0 aliphatic rings. The molecule has 128 valence electrons. The summed E-state index contributed by atoms with van der Waals surface area (Å²) in [5, 5.41) is 3.47. The lowest BCUT2D eigenvalue weighted by atomic mass is 10.2. The third kappa shape index (κ3) is 8.89. The van der Waals surface area contributed by atoms with Gasteiger partial charge in [0, 0.05) is 30.1 Å². The molecule has 6 heteroatoms. The van der Waals surface area contributed by atoms with Crippen LogP contribution in [0.15, 0.2) is 24.3 Å². The fraction of sp³-hybridized carbons (Fsp3) is 0.562. The first-order valence-corrected chi connectivity index (χ1v) is 8.43. The summed E-state index contributed by atoms with van der Waals surface area (Å²) in [7, 11) is 0. The van der Waals surface area contributed by atoms with Gasteiger partial charge < -0.3 is 10.2 Å². The molecule has 1 rings (SSSR count). The lowest BCUT2D eigenvalue weighted by molar-refractivity contribution is 0.108. The van der Waals surface area contributed by atoms with Crippen LogP contribution in [-0.4, -0.2) is 41.9 Å². The molecule has 0 radical (unpaired) electrons. The summed E-state index contributed by atoms with van der Waals surface area (Å²) < 4.78 is 0. The summed E-state index contributed by atoms with van der Waals surface area (Å²) in [5.74, 6) is 0.857. The number of thioether (sulfide) groups is 1. The smallest absolute Gasteiger partial charge is 0.219 e. The van der Waals surface area contributed by atoms with Gasteiger partial charge in [0.2, 0.25) is 5.12 Å². The number of hydrogen-bond acceptors (Lipinski definition) is 4. The molecular weight excluding hydrogens is 339 g/mol. The number of halogens is 2. The Balaban J connectivity index is 0. The Hall–Kier alpha value is -0.420. The van der Waals surface area contributed by atoms with Crippen molar-refractivity contribution in [3.05, 3.63) is 29.8 Å². The number of nitrogens with zero attached hydrogens (tertiary/aromatic N) is 1. The van der Waals surface area contributed by atoms with Crippen molar-refractivity contribution in [2.24, 2.45) is 0 Å². The van der Waals surface area contributed by atoms with Gasteiger partial charge in [0.1, 0.15) is 0 Å². The molecule has 0 aliphatic heterocycles. The van der Waals surface area contributed by atoms with E-state index in [2.05, 4.69) is 31.0 Å². The second kappa shape index (κ2) is 14.2. The van der Waals surface area contributed by atoms with Crippen LogP contribution in [0.5, 0.6) is 0 Å². The number of carbonyl (C=O) groups excluding carboxylic acids is 1. The predicted octanol–water partition coefficient (Wildman–Crippen LogP) is 4.57. The molecule has 0 aromatic heterocycles. The van der Waals surface area contributed by atoms with Crippen LogP contribution in [0.3, 0.4) is 0 Å². The normalized spacial score (nSPS) is 9.82. The van der Waals surface area contributed by atoms with Crippen LogP contribution in [0.2, 0.25) is 0 Å². The van der Waals surface area contributed by atoms with E-state index in [1.807, 2.05) is 24.3 Å². The average molecular weight is 367 g/mol. The average Bonchev–Trinajstić information content (AvgIpc) is 2.50. The van der Waals surface area contributed by atoms with E-state index in [0.29, 0.717) is 0 Å². The van der Waals surface area contributed by atoms with Crippen molar-refractivity contribution < 1.29 is 4.79 Å². The molecule has 0 saturated carbocycles. The molecule has 22 heavy (non-hydrogen) atoms. The Morgan fingerprint density at radius 3 is 2.18 bits per heavy atom. The lowest BCUT2D eigenvalue weighted by Crippen LogP contribution is -2.25. The molecule has 0 saturated heterocycles. The number of benzene rings is 1. The van der Waals surface area contributed by atoms with E-state index in [4.69, 9.17) is 0 Å². The minimum atomic E-state index is 0. The molecule has 0 aliphatic carbocycles. The maximum Gasteiger partial charge on any atom is 0.219 e. The van der Waals surface area contributed by atoms with E-state index in [-0.39, 0.29) is 29.9 Å². The monoisotopic (exact) mass is 366 g/mol. The zero-order valence-corrected chi connectivity index (χ0v) is 16.1. The third-order valence-electron chi connectivity index (χ3n) is 3.23. The van der Waals surface area contributed by atoms with Crippen LogP contribution in [0.4, 0.5) is 5.69 Å². The molecule has 0 amide bonds. The molecule has 0 bridgehead atoms. The zero-order valence-electron chi connectivity index (χ0n) is 13.6. The molecule has 1 aromatic carbocycles. The SMILES string of the molecule is CCCNc1ccc(C(=O)SCCN(CC)CC)cc1.Cl.Cl. The molecule has 0 fully saturated rings. The number of anilines is 1. The van der Waals surface area contributed by atoms with Gasteiger partial charge in [-0.25, -0.2) is 0 Å². The van der Waals surface area contributed by atoms with Gasteiger partial charge in [-0.3, -0.25) is 4.79 Å². The molecule has 0 heterocycles. The summed E-state index contributed by atoms with van der Waals surface area (Å²) >= 11 is 1.41. The van der Waals surface area contributed by atoms with Crippen molar-refractivity contribution in [2.75, 3.05) is 37.2 Å². The third-order valence-corrected chi connectivity index (χ3v) is 4.12. The molecular formula is C16H28Cl2N2OS. The fourth-order valence-electron chi connectivity index (χ4n) is 1.88. The minimum absolute atomic E-state index is 0. The van der Waals surface area contributed by atoms with Crippen LogP contribution in [0, 0.1) is 0 Å². The van der Waals surface area contributed by atoms with E-state index in [0.717, 1.165) is 49.6 Å². The maximum atomic E-state index is 12.1. The predicted molar refractivity (Wildman–Crippen MR) is 104 cm³/mol. The first kappa shape index (κ1) is 23.8. The van der Waals surface area contributed by atoms with Crippen LogP contribution in [0.1, 0.15) is 37.6 Å². The molecule has 1 aromatic rings. The van der Waals surface area contributed by atoms with Gasteiger partial charge in [0.05, 0.1) is 0 Å². The Kier molecular flexibility index (Phi) is 15.4. The van der Waals surface area contributed by atoms with Crippen molar-refractivity contribution in [3.63, 3.8) is 0 Å². The summed E-state index contributed by atoms with van der Waals surface area (Å²) in [6.07, 6.45) is 1.10. The standard InChI is InChI=1S/C16H26N2OS.2ClH/c1-4-11-17-15-9-7-14(8-10-15)16(19)20-13-12-18(5-2)6-3;;/h7-10,17H,4-6,11-13H2,1-3H3;2*1H. The van der Waals surface area contributed by atoms with E-state index in [9.17, 15) is 4.79 Å². The van der Waals surface area contributed by atoms with Crippen LogP contribution < -0.4 is 5.32 Å². The number of hydrogen-bond donors (Lipinski definition) is 1. The quantitative estimate of drug-likeness (QED) is 0.693. The van der Waals surface area contributed by atoms with Gasteiger partial charge in [-0.05, 0) is 43.8 Å². The lowest BCUT2D eigenvalue weighted by Gasteiger charge is -2.16. The summed E-state index contributed by atoms with van der Waals surface area (Å²) in [4.78, 5) is 14.4. The van der Waals surface area contributed by atoms with Crippen molar-refractivity contribution >= 4 is 47.4 Å². The highest BCUT2D eigenvalue weighted by molar-refractivity contribution is 8.14. The van der Waals surface area contributed by atoms with Crippen molar-refractivity contribution in [1.82, 2.24) is 4.90 Å². The number of rotatable bonds is 9. The number of carbonyl (C=O) groups is 1. The Bertz CT molecular complexity index is 398. The summed E-state index contributed by atoms with van der Waals surface area (Å²) in [5.41, 5.74) is 1.87. The van der Waals surface area contributed by atoms with Crippen LogP contribution in [-0.2, 0) is 0 Å². The minimum Gasteiger partial charge on any atom is -0.385 e. The highest BCUT2D eigenvalue weighted by Crippen LogP contribution is 2.16. The van der Waals surface area contributed by atoms with Gasteiger partial charge in [0.15, 0.2) is 0 Å². The van der Waals surface area contributed by atoms with Gasteiger partial charge in [-0.2, -0.15) is 0 Å². The summed E-state index contributed by atoms with van der Waals surface area (Å²) in [6.45, 7) is 10.5. The van der Waals surface area contributed by atoms with E-state index >= 15 is 0 Å². The highest BCUT2D eigenvalue weighted by Gasteiger charge is 2.07. The Morgan fingerprint density at radius 1 is 1.09 bits per heavy atom. The molecule has 0 unspecified atom stereocenters. The molecule has 3 nitrogen and oxygen atoms in total. The van der Waals surface area contributed by atoms with E-state index < -0.39 is 0 Å². The van der Waals surface area contributed by atoms with Gasteiger partial charge in [0.25, 0.3) is 0 Å². The molecule has 0 spiro atoms. The van der Waals surface area contributed by atoms with Gasteiger partial charge in [-0.15, -0.1) is 24.8 Å². The maximum absolute atomic E-state index is 12.1. The Labute approximate surface area is 151 Å². The first-order chi connectivity index (χ1) is 9.71. The van der Waals surface area contributed by atoms with Crippen LogP contribution >= 0.6 is 36.6 Å². The molecule has 1 N–H and O–H groups in total. The zero-order chi connectivity index (χ0) is 14.8. The van der Waals surface area contributed by atoms with Crippen molar-refractivity contribution in [3.8, 4) is 0 Å². The van der Waals surface area contributed by atoms with E-state index in [1.54, 1.807) is 0 Å². The highest BCUT2D eigenvalue weighted by atomic mass is 35.5. The second-order valence-corrected chi connectivity index (χ2v) is 5.73. The van der Waals surface area contributed by atoms with Crippen molar-refractivity contribution in [1.29, 1.82) is 0 Å². The largest absolute Gasteiger partial charge is 0.385 e. The molecule has 0 atom stereocenters. The topological polar surface area (TPSA) is 32.3 Å².